The third kappa shape index (κ3) is 1.90. The van der Waals surface area contributed by atoms with Crippen molar-refractivity contribution in [2.75, 3.05) is 0 Å². The molecule has 0 fully saturated rings. The summed E-state index contributed by atoms with van der Waals surface area (Å²) < 4.78 is 0. The van der Waals surface area contributed by atoms with E-state index in [1.165, 1.54) is 12.1 Å². The third-order valence-electron chi connectivity index (χ3n) is 1.40. The van der Waals surface area contributed by atoms with Crippen molar-refractivity contribution >= 4 is 29.5 Å². The van der Waals surface area contributed by atoms with E-state index in [1.807, 2.05) is 0 Å². The lowest BCUT2D eigenvalue weighted by atomic mass is 10.1. The summed E-state index contributed by atoms with van der Waals surface area (Å²) in [7, 11) is 0. The molecule has 0 heterocycles. The number of hydrogen-bond acceptors (Lipinski definition) is 2. The van der Waals surface area contributed by atoms with Gasteiger partial charge in [-0.15, -0.1) is 0 Å². The quantitative estimate of drug-likeness (QED) is 0.752. The standard InChI is InChI=1S/C8H6Cl2O2/c9-6-3-5(1-2-11)4-7(10)8(6)12/h2-4,12H,1H2. The molecule has 1 aromatic rings. The summed E-state index contributed by atoms with van der Waals surface area (Å²) in [6, 6.07) is 3.02. The maximum atomic E-state index is 10.1. The van der Waals surface area contributed by atoms with Crippen LogP contribution in [0.4, 0.5) is 0 Å². The molecular formula is C8H6Cl2O2. The SMILES string of the molecule is O=CCc1cc(Cl)c(O)c(Cl)c1. The molecule has 64 valence electrons. The molecule has 1 rings (SSSR count). The van der Waals surface area contributed by atoms with Crippen LogP contribution in [-0.4, -0.2) is 11.4 Å². The molecule has 4 heteroatoms. The van der Waals surface area contributed by atoms with Crippen LogP contribution in [0, 0.1) is 0 Å². The lowest BCUT2D eigenvalue weighted by Crippen LogP contribution is -1.85. The van der Waals surface area contributed by atoms with Gasteiger partial charge in [-0.3, -0.25) is 0 Å². The van der Waals surface area contributed by atoms with Gasteiger partial charge in [-0.2, -0.15) is 0 Å². The predicted molar refractivity (Wildman–Crippen MR) is 47.9 cm³/mol. The van der Waals surface area contributed by atoms with Gasteiger partial charge in [0.2, 0.25) is 0 Å². The zero-order chi connectivity index (χ0) is 9.14. The molecule has 0 bridgehead atoms. The molecule has 0 radical (unpaired) electrons. The van der Waals surface area contributed by atoms with Crippen LogP contribution in [0.15, 0.2) is 12.1 Å². The maximum absolute atomic E-state index is 10.1. The van der Waals surface area contributed by atoms with E-state index in [0.29, 0.717) is 5.56 Å². The molecule has 0 aliphatic heterocycles. The Morgan fingerprint density at radius 2 is 1.83 bits per heavy atom. The van der Waals surface area contributed by atoms with E-state index in [0.717, 1.165) is 6.29 Å². The van der Waals surface area contributed by atoms with Gasteiger partial charge in [0, 0.05) is 6.42 Å². The lowest BCUT2D eigenvalue weighted by molar-refractivity contribution is -0.107. The highest BCUT2D eigenvalue weighted by molar-refractivity contribution is 6.37. The zero-order valence-corrected chi connectivity index (χ0v) is 7.56. The summed E-state index contributed by atoms with van der Waals surface area (Å²) in [5, 5.41) is 9.48. The fourth-order valence-corrected chi connectivity index (χ4v) is 1.36. The summed E-state index contributed by atoms with van der Waals surface area (Å²) in [4.78, 5) is 10.1. The Kier molecular flexibility index (Phi) is 2.95. The molecule has 2 nitrogen and oxygen atoms in total. The van der Waals surface area contributed by atoms with Crippen LogP contribution in [0.5, 0.6) is 5.75 Å². The average molecular weight is 205 g/mol. The third-order valence-corrected chi connectivity index (χ3v) is 1.97. The number of rotatable bonds is 2. The minimum absolute atomic E-state index is 0.145. The van der Waals surface area contributed by atoms with Gasteiger partial charge < -0.3 is 9.90 Å². The van der Waals surface area contributed by atoms with Gasteiger partial charge in [-0.05, 0) is 17.7 Å². The number of carbonyl (C=O) groups excluding carboxylic acids is 1. The molecule has 0 amide bonds. The Morgan fingerprint density at radius 1 is 1.33 bits per heavy atom. The normalized spacial score (nSPS) is 9.83. The Hall–Kier alpha value is -0.730. The first-order chi connectivity index (χ1) is 5.65. The minimum atomic E-state index is -0.145. The van der Waals surface area contributed by atoms with Crippen molar-refractivity contribution in [3.8, 4) is 5.75 Å². The van der Waals surface area contributed by atoms with Crippen LogP contribution in [0.25, 0.3) is 0 Å². The summed E-state index contributed by atoms with van der Waals surface area (Å²) in [6.45, 7) is 0. The number of carbonyl (C=O) groups is 1. The van der Waals surface area contributed by atoms with E-state index in [1.54, 1.807) is 0 Å². The minimum Gasteiger partial charge on any atom is -0.505 e. The predicted octanol–water partition coefficient (Wildman–Crippen LogP) is 2.44. The first-order valence-corrected chi connectivity index (χ1v) is 4.01. The van der Waals surface area contributed by atoms with E-state index in [2.05, 4.69) is 0 Å². The van der Waals surface area contributed by atoms with E-state index >= 15 is 0 Å². The number of halogens is 2. The van der Waals surface area contributed by atoms with Crippen LogP contribution >= 0.6 is 23.2 Å². The van der Waals surface area contributed by atoms with Gasteiger partial charge in [0.1, 0.15) is 6.29 Å². The summed E-state index contributed by atoms with van der Waals surface area (Å²) >= 11 is 11.2. The number of aldehydes is 1. The Balaban J connectivity index is 3.11. The highest BCUT2D eigenvalue weighted by Crippen LogP contribution is 2.32. The zero-order valence-electron chi connectivity index (χ0n) is 6.05. The van der Waals surface area contributed by atoms with Crippen molar-refractivity contribution in [3.63, 3.8) is 0 Å². The topological polar surface area (TPSA) is 37.3 Å². The average Bonchev–Trinajstić information content (AvgIpc) is 2.01. The van der Waals surface area contributed by atoms with Gasteiger partial charge in [-0.25, -0.2) is 0 Å². The van der Waals surface area contributed by atoms with Crippen molar-refractivity contribution in [2.45, 2.75) is 6.42 Å². The highest BCUT2D eigenvalue weighted by Gasteiger charge is 2.05. The molecule has 0 aliphatic carbocycles. The second-order valence-corrected chi connectivity index (χ2v) is 3.09. The summed E-state index contributed by atoms with van der Waals surface area (Å²) in [6.07, 6.45) is 0.999. The smallest absolute Gasteiger partial charge is 0.152 e. The first kappa shape index (κ1) is 9.36. The molecule has 0 spiro atoms. The fourth-order valence-electron chi connectivity index (χ4n) is 0.832. The van der Waals surface area contributed by atoms with Crippen LogP contribution in [-0.2, 0) is 11.2 Å². The molecule has 0 aromatic heterocycles. The van der Waals surface area contributed by atoms with Crippen molar-refractivity contribution < 1.29 is 9.90 Å². The second kappa shape index (κ2) is 3.78. The Morgan fingerprint density at radius 3 is 2.25 bits per heavy atom. The maximum Gasteiger partial charge on any atom is 0.152 e. The number of phenolic OH excluding ortho intramolecular Hbond substituents is 1. The summed E-state index contributed by atoms with van der Waals surface area (Å²) in [5.74, 6) is -0.145. The number of phenols is 1. The van der Waals surface area contributed by atoms with E-state index in [-0.39, 0.29) is 22.2 Å². The molecule has 12 heavy (non-hydrogen) atoms. The molecule has 0 saturated carbocycles. The number of hydrogen-bond donors (Lipinski definition) is 1. The molecule has 0 unspecified atom stereocenters. The second-order valence-electron chi connectivity index (χ2n) is 2.28. The fraction of sp³-hybridized carbons (Fsp3) is 0.125. The van der Waals surface area contributed by atoms with Crippen LogP contribution < -0.4 is 0 Å². The Labute approximate surface area is 79.7 Å². The van der Waals surface area contributed by atoms with Gasteiger partial charge >= 0.3 is 0 Å². The molecule has 0 atom stereocenters. The summed E-state index contributed by atoms with van der Waals surface area (Å²) in [5.41, 5.74) is 0.692. The highest BCUT2D eigenvalue weighted by atomic mass is 35.5. The molecule has 0 saturated heterocycles. The van der Waals surface area contributed by atoms with Crippen molar-refractivity contribution in [1.29, 1.82) is 0 Å². The lowest BCUT2D eigenvalue weighted by Gasteiger charge is -2.01. The molecule has 1 N–H and O–H groups in total. The Bertz CT molecular complexity index is 287. The van der Waals surface area contributed by atoms with Gasteiger partial charge in [0.05, 0.1) is 10.0 Å². The van der Waals surface area contributed by atoms with Crippen LogP contribution in [0.2, 0.25) is 10.0 Å². The van der Waals surface area contributed by atoms with E-state index < -0.39 is 0 Å². The monoisotopic (exact) mass is 204 g/mol. The van der Waals surface area contributed by atoms with Gasteiger partial charge in [-0.1, -0.05) is 23.2 Å². The van der Waals surface area contributed by atoms with Crippen LogP contribution in [0.1, 0.15) is 5.56 Å². The van der Waals surface area contributed by atoms with Crippen LogP contribution in [0.3, 0.4) is 0 Å². The van der Waals surface area contributed by atoms with Crippen molar-refractivity contribution in [2.24, 2.45) is 0 Å². The van der Waals surface area contributed by atoms with E-state index in [4.69, 9.17) is 28.3 Å². The van der Waals surface area contributed by atoms with E-state index in [9.17, 15) is 4.79 Å². The first-order valence-electron chi connectivity index (χ1n) is 3.25. The largest absolute Gasteiger partial charge is 0.505 e. The molecule has 1 aromatic carbocycles. The van der Waals surface area contributed by atoms with Gasteiger partial charge in [0.25, 0.3) is 0 Å². The number of benzene rings is 1. The molecule has 0 aliphatic rings. The molecular weight excluding hydrogens is 199 g/mol. The van der Waals surface area contributed by atoms with Crippen molar-refractivity contribution in [1.82, 2.24) is 0 Å². The van der Waals surface area contributed by atoms with Crippen molar-refractivity contribution in [3.05, 3.63) is 27.7 Å². The van der Waals surface area contributed by atoms with Gasteiger partial charge in [0.15, 0.2) is 5.75 Å². The number of aromatic hydroxyl groups is 1.